The monoisotopic (exact) mass is 393 g/mol. The Hall–Kier alpha value is -3.62. The van der Waals surface area contributed by atoms with Crippen LogP contribution < -0.4 is 11.1 Å². The number of nitrogens with two attached hydrogens (primary N) is 1. The van der Waals surface area contributed by atoms with Gasteiger partial charge in [-0.25, -0.2) is 9.97 Å². The van der Waals surface area contributed by atoms with Crippen LogP contribution in [0.5, 0.6) is 5.88 Å². The highest BCUT2D eigenvalue weighted by molar-refractivity contribution is 6.04. The Labute approximate surface area is 167 Å². The first kappa shape index (κ1) is 18.7. The number of anilines is 1. The zero-order valence-electron chi connectivity index (χ0n) is 16.1. The van der Waals surface area contributed by atoms with Gasteiger partial charge in [0.25, 0.3) is 5.91 Å². The summed E-state index contributed by atoms with van der Waals surface area (Å²) in [5.41, 5.74) is 9.42. The van der Waals surface area contributed by atoms with Crippen LogP contribution in [0.25, 0.3) is 22.1 Å². The maximum Gasteiger partial charge on any atom is 0.267 e. The lowest BCUT2D eigenvalue weighted by atomic mass is 10.2. The van der Waals surface area contributed by atoms with E-state index in [1.807, 2.05) is 12.1 Å². The molecule has 29 heavy (non-hydrogen) atoms. The van der Waals surface area contributed by atoms with Gasteiger partial charge in [0, 0.05) is 31.8 Å². The van der Waals surface area contributed by atoms with Crippen LogP contribution in [-0.2, 0) is 13.0 Å². The molecular weight excluding hydrogens is 370 g/mol. The van der Waals surface area contributed by atoms with Crippen LogP contribution in [0.4, 0.5) is 5.82 Å². The summed E-state index contributed by atoms with van der Waals surface area (Å²) in [4.78, 5) is 28.5. The molecule has 1 amide bonds. The number of unbranched alkanes of at least 4 members (excludes halogenated alkanes) is 1. The first-order chi connectivity index (χ1) is 14.1. The minimum absolute atomic E-state index is 0.0434. The summed E-state index contributed by atoms with van der Waals surface area (Å²) in [7, 11) is 0. The van der Waals surface area contributed by atoms with Gasteiger partial charge in [-0.2, -0.15) is 0 Å². The van der Waals surface area contributed by atoms with Gasteiger partial charge in [-0.05, 0) is 24.6 Å². The molecule has 9 nitrogen and oxygen atoms in total. The van der Waals surface area contributed by atoms with Crippen molar-refractivity contribution in [3.63, 3.8) is 0 Å². The molecule has 0 aromatic carbocycles. The fraction of sp³-hybridized carbons (Fsp3) is 0.300. The number of nitrogens with one attached hydrogen (secondary N) is 2. The number of aromatic amines is 1. The molecule has 0 spiro atoms. The Balaban J connectivity index is 1.68. The lowest BCUT2D eigenvalue weighted by Gasteiger charge is -2.11. The minimum Gasteiger partial charge on any atom is -0.495 e. The number of aryl methyl sites for hydroxylation is 1. The quantitative estimate of drug-likeness (QED) is 0.381. The highest BCUT2D eigenvalue weighted by Gasteiger charge is 2.18. The molecule has 0 radical (unpaired) electrons. The zero-order valence-corrected chi connectivity index (χ0v) is 16.1. The van der Waals surface area contributed by atoms with Gasteiger partial charge in [0.1, 0.15) is 28.1 Å². The molecule has 4 aromatic heterocycles. The third-order valence-electron chi connectivity index (χ3n) is 4.83. The van der Waals surface area contributed by atoms with E-state index in [-0.39, 0.29) is 11.8 Å². The number of H-pyrrole nitrogens is 1. The summed E-state index contributed by atoms with van der Waals surface area (Å²) in [6.07, 6.45) is 4.57. The van der Waals surface area contributed by atoms with Crippen molar-refractivity contribution in [3.8, 4) is 5.88 Å². The Morgan fingerprint density at radius 3 is 2.90 bits per heavy atom. The van der Waals surface area contributed by atoms with E-state index in [0.717, 1.165) is 36.1 Å². The van der Waals surface area contributed by atoms with Gasteiger partial charge < -0.3 is 25.7 Å². The van der Waals surface area contributed by atoms with Crippen molar-refractivity contribution in [1.29, 1.82) is 0 Å². The van der Waals surface area contributed by atoms with Crippen LogP contribution >= 0.6 is 0 Å². The second-order valence-corrected chi connectivity index (χ2v) is 6.86. The number of amides is 1. The second kappa shape index (κ2) is 7.78. The molecule has 0 atom stereocenters. The van der Waals surface area contributed by atoms with E-state index in [2.05, 4.69) is 31.8 Å². The van der Waals surface area contributed by atoms with Crippen LogP contribution in [0.15, 0.2) is 30.5 Å². The van der Waals surface area contributed by atoms with Crippen LogP contribution in [0, 0.1) is 0 Å². The normalized spacial score (nSPS) is 11.3. The number of nitrogen functional groups attached to an aromatic ring is 1. The van der Waals surface area contributed by atoms with Crippen molar-refractivity contribution in [2.75, 3.05) is 12.3 Å². The first-order valence-corrected chi connectivity index (χ1v) is 9.64. The fourth-order valence-electron chi connectivity index (χ4n) is 3.43. The number of hydrogen-bond donors (Lipinski definition) is 4. The molecule has 0 bridgehead atoms. The Kier molecular flexibility index (Phi) is 5.03. The molecule has 0 aliphatic rings. The number of carbonyl (C=O) groups excluding carboxylic acids is 1. The summed E-state index contributed by atoms with van der Waals surface area (Å²) in [6, 6.07) is 6.68. The van der Waals surface area contributed by atoms with E-state index in [9.17, 15) is 9.90 Å². The molecule has 4 heterocycles. The Bertz CT molecular complexity index is 1180. The van der Waals surface area contributed by atoms with Gasteiger partial charge in [0.15, 0.2) is 11.7 Å². The molecule has 150 valence electrons. The average Bonchev–Trinajstić information content (AvgIpc) is 3.31. The van der Waals surface area contributed by atoms with E-state index < -0.39 is 0 Å². The lowest BCUT2D eigenvalue weighted by Crippen LogP contribution is -2.28. The summed E-state index contributed by atoms with van der Waals surface area (Å²) in [5.74, 6) is 0.954. The smallest absolute Gasteiger partial charge is 0.267 e. The third-order valence-corrected chi connectivity index (χ3v) is 4.83. The van der Waals surface area contributed by atoms with Crippen LogP contribution in [-0.4, -0.2) is 42.1 Å². The molecule has 9 heteroatoms. The van der Waals surface area contributed by atoms with Crippen molar-refractivity contribution in [1.82, 2.24) is 29.8 Å². The highest BCUT2D eigenvalue weighted by atomic mass is 16.3. The molecule has 5 N–H and O–H groups in total. The van der Waals surface area contributed by atoms with E-state index in [4.69, 9.17) is 10.7 Å². The van der Waals surface area contributed by atoms with Crippen LogP contribution in [0.2, 0.25) is 0 Å². The predicted octanol–water partition coefficient (Wildman–Crippen LogP) is 2.37. The Morgan fingerprint density at radius 1 is 1.28 bits per heavy atom. The largest absolute Gasteiger partial charge is 0.495 e. The van der Waals surface area contributed by atoms with Gasteiger partial charge in [-0.3, -0.25) is 9.78 Å². The molecule has 0 saturated heterocycles. The van der Waals surface area contributed by atoms with E-state index in [1.165, 1.54) is 12.1 Å². The highest BCUT2D eigenvalue weighted by Crippen LogP contribution is 2.27. The standard InChI is InChI=1S/C20H23N7O2/c1-2-3-6-14-26-17-18(16-12(25-19(17)21)5-4-9-22-16)27(14)11-10-23-20(29)13-7-8-15(28)24-13/h4-5,7-9,24,28H,2-3,6,10-11H2,1H3,(H2,21,25)(H,23,29). The maximum atomic E-state index is 12.3. The van der Waals surface area contributed by atoms with Crippen molar-refractivity contribution < 1.29 is 9.90 Å². The Morgan fingerprint density at radius 2 is 2.14 bits per heavy atom. The summed E-state index contributed by atoms with van der Waals surface area (Å²) < 4.78 is 2.07. The second-order valence-electron chi connectivity index (χ2n) is 6.86. The van der Waals surface area contributed by atoms with Gasteiger partial charge in [0.05, 0.1) is 5.52 Å². The number of aromatic nitrogens is 5. The number of aromatic hydroxyl groups is 1. The van der Waals surface area contributed by atoms with Crippen molar-refractivity contribution >= 4 is 33.8 Å². The zero-order chi connectivity index (χ0) is 20.4. The van der Waals surface area contributed by atoms with Gasteiger partial charge in [-0.15, -0.1) is 0 Å². The van der Waals surface area contributed by atoms with Gasteiger partial charge in [0.2, 0.25) is 0 Å². The van der Waals surface area contributed by atoms with Crippen molar-refractivity contribution in [2.45, 2.75) is 32.7 Å². The number of carbonyl (C=O) groups is 1. The topological polar surface area (TPSA) is 135 Å². The number of fused-ring (bicyclic) bond motifs is 3. The van der Waals surface area contributed by atoms with Gasteiger partial charge in [-0.1, -0.05) is 13.3 Å². The third kappa shape index (κ3) is 3.58. The number of pyridine rings is 2. The SMILES string of the molecule is CCCCc1nc2c(N)nc3cccnc3c2n1CCNC(=O)c1ccc(O)[nH]1. The average molecular weight is 393 g/mol. The van der Waals surface area contributed by atoms with E-state index >= 15 is 0 Å². The summed E-state index contributed by atoms with van der Waals surface area (Å²) in [5, 5.41) is 12.2. The van der Waals surface area contributed by atoms with Gasteiger partial charge >= 0.3 is 0 Å². The lowest BCUT2D eigenvalue weighted by molar-refractivity contribution is 0.0947. The number of rotatable bonds is 7. The summed E-state index contributed by atoms with van der Waals surface area (Å²) in [6.45, 7) is 3.04. The molecule has 0 saturated carbocycles. The van der Waals surface area contributed by atoms with E-state index in [1.54, 1.807) is 6.20 Å². The van der Waals surface area contributed by atoms with Crippen LogP contribution in [0.1, 0.15) is 36.1 Å². The predicted molar refractivity (Wildman–Crippen MR) is 111 cm³/mol. The molecule has 0 aliphatic heterocycles. The molecule has 4 rings (SSSR count). The molecule has 4 aromatic rings. The molecule has 0 aliphatic carbocycles. The van der Waals surface area contributed by atoms with Crippen LogP contribution in [0.3, 0.4) is 0 Å². The number of hydrogen-bond acceptors (Lipinski definition) is 6. The van der Waals surface area contributed by atoms with Crippen molar-refractivity contribution in [3.05, 3.63) is 42.0 Å². The molecule has 0 fully saturated rings. The molecular formula is C20H23N7O2. The fourth-order valence-corrected chi connectivity index (χ4v) is 3.43. The maximum absolute atomic E-state index is 12.3. The van der Waals surface area contributed by atoms with Crippen molar-refractivity contribution in [2.24, 2.45) is 0 Å². The summed E-state index contributed by atoms with van der Waals surface area (Å²) >= 11 is 0. The minimum atomic E-state index is -0.283. The van der Waals surface area contributed by atoms with E-state index in [0.29, 0.717) is 35.6 Å². The first-order valence-electron chi connectivity index (χ1n) is 9.64. The number of imidazole rings is 1. The number of nitrogens with zero attached hydrogens (tertiary/aromatic N) is 4. The molecule has 0 unspecified atom stereocenters.